The number of aryl methyl sites for hydroxylation is 1. The number of anilines is 3. The van der Waals surface area contributed by atoms with Crippen LogP contribution in [-0.4, -0.2) is 81.5 Å². The molecule has 4 aromatic rings. The summed E-state index contributed by atoms with van der Waals surface area (Å²) in [7, 11) is 3.13. The number of hydrogen-bond acceptors (Lipinski definition) is 11. The summed E-state index contributed by atoms with van der Waals surface area (Å²) < 4.78 is 13.3. The summed E-state index contributed by atoms with van der Waals surface area (Å²) in [6, 6.07) is 11.8. The third kappa shape index (κ3) is 6.83. The summed E-state index contributed by atoms with van der Waals surface area (Å²) in [6.07, 6.45) is 3.38. The number of halogens is 1. The van der Waals surface area contributed by atoms with Crippen LogP contribution in [0.5, 0.6) is 11.5 Å². The van der Waals surface area contributed by atoms with E-state index in [-0.39, 0.29) is 60.7 Å². The van der Waals surface area contributed by atoms with Crippen molar-refractivity contribution in [3.8, 4) is 11.5 Å². The van der Waals surface area contributed by atoms with E-state index >= 15 is 0 Å². The summed E-state index contributed by atoms with van der Waals surface area (Å²) in [6.45, 7) is 2.71. The van der Waals surface area contributed by atoms with Gasteiger partial charge in [-0.3, -0.25) is 29.3 Å². The Bertz CT molecular complexity index is 2170. The Labute approximate surface area is 303 Å². The Morgan fingerprint density at radius 1 is 1.08 bits per heavy atom. The highest BCUT2D eigenvalue weighted by molar-refractivity contribution is 6.33. The molecule has 270 valence electrons. The van der Waals surface area contributed by atoms with Gasteiger partial charge in [0.2, 0.25) is 17.8 Å². The normalized spacial score (nSPS) is 20.1. The zero-order valence-electron chi connectivity index (χ0n) is 28.8. The van der Waals surface area contributed by atoms with Gasteiger partial charge in [-0.05, 0) is 61.4 Å². The molecule has 16 heteroatoms. The first-order valence-electron chi connectivity index (χ1n) is 17.0. The van der Waals surface area contributed by atoms with Gasteiger partial charge in [-0.1, -0.05) is 11.6 Å². The van der Waals surface area contributed by atoms with Crippen LogP contribution in [-0.2, 0) is 28.0 Å². The number of pyridine rings is 1. The minimum Gasteiger partial charge on any atom is -0.490 e. The van der Waals surface area contributed by atoms with Crippen LogP contribution in [0.4, 0.5) is 17.5 Å². The number of piperidine rings is 2. The number of nitrogens with one attached hydrogen (secondary N) is 3. The molecule has 3 aliphatic rings. The molecule has 5 heterocycles. The van der Waals surface area contributed by atoms with Crippen LogP contribution in [0.25, 0.3) is 10.9 Å². The highest BCUT2D eigenvalue weighted by Crippen LogP contribution is 2.33. The zero-order valence-corrected chi connectivity index (χ0v) is 29.5. The molecular weight excluding hydrogens is 692 g/mol. The molecule has 0 bridgehead atoms. The summed E-state index contributed by atoms with van der Waals surface area (Å²) in [5.74, 6) is 0.302. The fourth-order valence-corrected chi connectivity index (χ4v) is 7.06. The molecule has 2 aromatic carbocycles. The first kappa shape index (κ1) is 34.7. The van der Waals surface area contributed by atoms with E-state index in [1.54, 1.807) is 37.5 Å². The van der Waals surface area contributed by atoms with Gasteiger partial charge >= 0.3 is 0 Å². The number of fused-ring (bicyclic) bond motifs is 2. The Morgan fingerprint density at radius 2 is 1.90 bits per heavy atom. The molecule has 15 nitrogen and oxygen atoms in total. The molecular formula is C36H37ClN8O7. The molecule has 52 heavy (non-hydrogen) atoms. The minimum atomic E-state index is -0.669. The maximum absolute atomic E-state index is 13.1. The lowest BCUT2D eigenvalue weighted by Crippen LogP contribution is -2.52. The lowest BCUT2D eigenvalue weighted by molar-refractivity contribution is -0.137. The average Bonchev–Trinajstić information content (AvgIpc) is 3.44. The van der Waals surface area contributed by atoms with Crippen molar-refractivity contribution in [1.29, 1.82) is 0 Å². The number of hydrogen-bond donors (Lipinski definition) is 3. The van der Waals surface area contributed by atoms with Gasteiger partial charge in [0, 0.05) is 69.1 Å². The van der Waals surface area contributed by atoms with Crippen molar-refractivity contribution in [3.05, 3.63) is 75.2 Å². The summed E-state index contributed by atoms with van der Waals surface area (Å²) in [5.41, 5.74) is 2.32. The van der Waals surface area contributed by atoms with E-state index in [2.05, 4.69) is 32.8 Å². The van der Waals surface area contributed by atoms with E-state index in [1.807, 2.05) is 18.2 Å². The topological polar surface area (TPSA) is 177 Å². The average molecular weight is 729 g/mol. The van der Waals surface area contributed by atoms with E-state index < -0.39 is 11.9 Å². The van der Waals surface area contributed by atoms with Gasteiger partial charge < -0.3 is 34.5 Å². The van der Waals surface area contributed by atoms with Gasteiger partial charge in [0.25, 0.3) is 17.4 Å². The number of likely N-dealkylation sites (N-methyl/N-ethyl adjacent to an activating group) is 1. The van der Waals surface area contributed by atoms with Crippen LogP contribution < -0.4 is 35.9 Å². The van der Waals surface area contributed by atoms with E-state index in [0.717, 1.165) is 5.56 Å². The predicted octanol–water partition coefficient (Wildman–Crippen LogP) is 3.05. The van der Waals surface area contributed by atoms with Crippen LogP contribution in [0.3, 0.4) is 0 Å². The molecule has 3 atom stereocenters. The van der Waals surface area contributed by atoms with Crippen molar-refractivity contribution < 1.29 is 28.7 Å². The Balaban J connectivity index is 1.01. The number of aromatic nitrogens is 3. The van der Waals surface area contributed by atoms with E-state index in [9.17, 15) is 24.0 Å². The number of carbonyl (C=O) groups is 4. The van der Waals surface area contributed by atoms with Gasteiger partial charge in [0.1, 0.15) is 22.9 Å². The van der Waals surface area contributed by atoms with Gasteiger partial charge in [-0.25, -0.2) is 4.98 Å². The molecule has 0 saturated carbocycles. The molecule has 2 fully saturated rings. The fourth-order valence-electron chi connectivity index (χ4n) is 6.92. The molecule has 0 spiro atoms. The van der Waals surface area contributed by atoms with Crippen molar-refractivity contribution in [2.75, 3.05) is 30.4 Å². The number of amides is 4. The number of benzene rings is 2. The Hall–Kier alpha value is -5.70. The molecule has 0 aliphatic carbocycles. The van der Waals surface area contributed by atoms with Crippen LogP contribution >= 0.6 is 11.6 Å². The number of ether oxygens (including phenoxy) is 2. The second-order valence-electron chi connectivity index (χ2n) is 13.1. The van der Waals surface area contributed by atoms with Crippen molar-refractivity contribution >= 4 is 63.6 Å². The van der Waals surface area contributed by atoms with Crippen molar-refractivity contribution in [2.45, 2.75) is 57.3 Å². The van der Waals surface area contributed by atoms with E-state index in [1.165, 1.54) is 16.5 Å². The maximum Gasteiger partial charge on any atom is 0.293 e. The molecule has 1 unspecified atom stereocenters. The molecule has 4 amide bonds. The minimum absolute atomic E-state index is 0.0296. The quantitative estimate of drug-likeness (QED) is 0.216. The second kappa shape index (κ2) is 14.1. The predicted molar refractivity (Wildman–Crippen MR) is 192 cm³/mol. The largest absolute Gasteiger partial charge is 0.490 e. The Morgan fingerprint density at radius 3 is 2.67 bits per heavy atom. The van der Waals surface area contributed by atoms with Crippen LogP contribution in [0.2, 0.25) is 5.02 Å². The van der Waals surface area contributed by atoms with E-state index in [4.69, 9.17) is 26.1 Å². The van der Waals surface area contributed by atoms with Crippen LogP contribution in [0.15, 0.2) is 53.5 Å². The number of imide groups is 1. The maximum atomic E-state index is 13.1. The third-order valence-corrected chi connectivity index (χ3v) is 9.98. The lowest BCUT2D eigenvalue weighted by Gasteiger charge is -2.37. The standard InChI is InChI=1S/C36H37ClN8O7/c1-19-12-24(52-23-5-6-25-21(14-23)17-45(34(25)49)28-8-9-30(46)41-33(28)48)10-11-44(19)36-39-16-26(37)32(42-36)40-22-4-7-27-20(13-22)15-29(35(50)43(27)3)51-18-31(47)38-2/h4-7,13-16,19,24,28H,8-12,17-18H2,1-3H3,(H,38,47)(H,39,40,42)(H,41,46,48)/t19-,24-,28?/m1/s1. The van der Waals surface area contributed by atoms with Gasteiger partial charge in [0.05, 0.1) is 11.7 Å². The molecule has 3 aliphatic heterocycles. The molecule has 7 rings (SSSR count). The number of nitrogens with zero attached hydrogens (tertiary/aromatic N) is 5. The SMILES string of the molecule is CNC(=O)COc1cc2cc(Nc3nc(N4CC[C@@H](Oc5ccc6c(c5)CN(C5CCC(=O)NC5=O)C6=O)C[C@H]4C)ncc3Cl)ccc2n(C)c1=O. The third-order valence-electron chi connectivity index (χ3n) is 9.71. The molecule has 3 N–H and O–H groups in total. The zero-order chi connectivity index (χ0) is 36.7. The summed E-state index contributed by atoms with van der Waals surface area (Å²) >= 11 is 6.54. The monoisotopic (exact) mass is 728 g/mol. The highest BCUT2D eigenvalue weighted by Gasteiger charge is 2.39. The number of rotatable bonds is 9. The molecule has 2 saturated heterocycles. The van der Waals surface area contributed by atoms with Gasteiger partial charge in [-0.2, -0.15) is 4.98 Å². The fraction of sp³-hybridized carbons (Fsp3) is 0.361. The van der Waals surface area contributed by atoms with Crippen LogP contribution in [0, 0.1) is 0 Å². The van der Waals surface area contributed by atoms with Crippen molar-refractivity contribution in [3.63, 3.8) is 0 Å². The number of carbonyl (C=O) groups excluding carboxylic acids is 4. The van der Waals surface area contributed by atoms with E-state index in [0.29, 0.717) is 70.5 Å². The van der Waals surface area contributed by atoms with Gasteiger partial charge in [-0.15, -0.1) is 0 Å². The second-order valence-corrected chi connectivity index (χ2v) is 13.5. The van der Waals surface area contributed by atoms with Gasteiger partial charge in [0.15, 0.2) is 18.2 Å². The van der Waals surface area contributed by atoms with Crippen molar-refractivity contribution in [2.24, 2.45) is 7.05 Å². The summed E-state index contributed by atoms with van der Waals surface area (Å²) in [4.78, 5) is 74.5. The smallest absolute Gasteiger partial charge is 0.293 e. The first-order valence-corrected chi connectivity index (χ1v) is 17.3. The lowest BCUT2D eigenvalue weighted by atomic mass is 10.0. The first-order chi connectivity index (χ1) is 25.0. The van der Waals surface area contributed by atoms with Crippen molar-refractivity contribution in [1.82, 2.24) is 30.1 Å². The van der Waals surface area contributed by atoms with Crippen LogP contribution in [0.1, 0.15) is 48.5 Å². The molecule has 2 aromatic heterocycles. The molecule has 0 radical (unpaired) electrons. The highest BCUT2D eigenvalue weighted by atomic mass is 35.5. The summed E-state index contributed by atoms with van der Waals surface area (Å²) in [5, 5.41) is 9.11. The Kier molecular flexibility index (Phi) is 9.44.